The molecule has 0 aromatic carbocycles. The van der Waals surface area contributed by atoms with Gasteiger partial charge in [0.15, 0.2) is 0 Å². The maximum atomic E-state index is 4.43. The lowest BCUT2D eigenvalue weighted by Crippen LogP contribution is -2.37. The fourth-order valence-electron chi connectivity index (χ4n) is 3.96. The van der Waals surface area contributed by atoms with Gasteiger partial charge in [-0.05, 0) is 51.1 Å². The van der Waals surface area contributed by atoms with Crippen molar-refractivity contribution in [1.29, 1.82) is 0 Å². The molecule has 3 rings (SSSR count). The molecule has 1 saturated heterocycles. The highest BCUT2D eigenvalue weighted by molar-refractivity contribution is 5.03. The van der Waals surface area contributed by atoms with Crippen LogP contribution in [0.2, 0.25) is 0 Å². The number of unbranched alkanes of at least 4 members (excludes halogenated alkanes) is 1. The van der Waals surface area contributed by atoms with Crippen LogP contribution in [0, 0.1) is 5.92 Å². The Balaban J connectivity index is 1.51. The summed E-state index contributed by atoms with van der Waals surface area (Å²) in [5.74, 6) is 1.44. The van der Waals surface area contributed by atoms with Gasteiger partial charge in [-0.3, -0.25) is 4.68 Å². The smallest absolute Gasteiger partial charge is 0.0857 e. The van der Waals surface area contributed by atoms with Crippen molar-refractivity contribution >= 4 is 0 Å². The van der Waals surface area contributed by atoms with Gasteiger partial charge < -0.3 is 4.90 Å². The summed E-state index contributed by atoms with van der Waals surface area (Å²) < 4.78 is 2.11. The van der Waals surface area contributed by atoms with Crippen molar-refractivity contribution in [2.75, 3.05) is 19.6 Å². The topological polar surface area (TPSA) is 34.0 Å². The molecule has 0 N–H and O–H groups in total. The number of aromatic nitrogens is 3. The highest BCUT2D eigenvalue weighted by atomic mass is 15.4. The maximum Gasteiger partial charge on any atom is 0.0857 e. The number of rotatable bonds is 6. The molecule has 21 heavy (non-hydrogen) atoms. The van der Waals surface area contributed by atoms with Gasteiger partial charge in [0.25, 0.3) is 0 Å². The van der Waals surface area contributed by atoms with E-state index in [1.807, 2.05) is 0 Å². The summed E-state index contributed by atoms with van der Waals surface area (Å²) in [7, 11) is 0. The number of hydrogen-bond donors (Lipinski definition) is 0. The van der Waals surface area contributed by atoms with Crippen molar-refractivity contribution in [3.8, 4) is 0 Å². The van der Waals surface area contributed by atoms with Crippen LogP contribution in [0.3, 0.4) is 0 Å². The summed E-state index contributed by atoms with van der Waals surface area (Å²) in [4.78, 5) is 2.65. The van der Waals surface area contributed by atoms with E-state index in [1.165, 1.54) is 76.7 Å². The van der Waals surface area contributed by atoms with E-state index < -0.39 is 0 Å². The monoisotopic (exact) mass is 290 g/mol. The van der Waals surface area contributed by atoms with Gasteiger partial charge in [0.1, 0.15) is 0 Å². The van der Waals surface area contributed by atoms with Crippen molar-refractivity contribution in [2.45, 2.75) is 70.8 Å². The molecule has 1 aromatic rings. The van der Waals surface area contributed by atoms with Crippen molar-refractivity contribution < 1.29 is 0 Å². The molecule has 2 aliphatic rings. The standard InChI is InChI=1S/C17H30N4/c1-2-3-10-20-11-6-7-15(12-20)13-21-14-17(18-19-21)16-8-4-5-9-16/h14-16H,2-13H2,1H3/t15-/m0/s1. The Morgan fingerprint density at radius 1 is 1.19 bits per heavy atom. The molecule has 0 radical (unpaired) electrons. The first-order chi connectivity index (χ1) is 10.3. The fourth-order valence-corrected chi connectivity index (χ4v) is 3.96. The summed E-state index contributed by atoms with van der Waals surface area (Å²) in [6.07, 6.45) is 12.9. The van der Waals surface area contributed by atoms with Crippen LogP contribution >= 0.6 is 0 Å². The number of piperidine rings is 1. The van der Waals surface area contributed by atoms with E-state index in [2.05, 4.69) is 33.0 Å². The van der Waals surface area contributed by atoms with Gasteiger partial charge in [-0.15, -0.1) is 5.10 Å². The normalized spacial score (nSPS) is 24.7. The molecule has 1 aliphatic heterocycles. The average Bonchev–Trinajstić information content (AvgIpc) is 3.16. The second-order valence-electron chi connectivity index (χ2n) is 7.01. The van der Waals surface area contributed by atoms with Gasteiger partial charge >= 0.3 is 0 Å². The Hall–Kier alpha value is -0.900. The summed E-state index contributed by atoms with van der Waals surface area (Å²) in [5, 5.41) is 8.82. The second kappa shape index (κ2) is 7.39. The molecule has 1 saturated carbocycles. The minimum Gasteiger partial charge on any atom is -0.303 e. The van der Waals surface area contributed by atoms with Gasteiger partial charge in [0.05, 0.1) is 5.69 Å². The van der Waals surface area contributed by atoms with Crippen LogP contribution in [0.5, 0.6) is 0 Å². The lowest BCUT2D eigenvalue weighted by Gasteiger charge is -2.32. The van der Waals surface area contributed by atoms with Gasteiger partial charge in [-0.2, -0.15) is 0 Å². The molecule has 1 aromatic heterocycles. The van der Waals surface area contributed by atoms with E-state index in [4.69, 9.17) is 0 Å². The van der Waals surface area contributed by atoms with E-state index in [0.717, 1.165) is 12.5 Å². The van der Waals surface area contributed by atoms with Gasteiger partial charge in [0, 0.05) is 25.2 Å². The summed E-state index contributed by atoms with van der Waals surface area (Å²) in [6, 6.07) is 0. The number of nitrogens with zero attached hydrogens (tertiary/aromatic N) is 4. The van der Waals surface area contributed by atoms with E-state index in [0.29, 0.717) is 5.92 Å². The van der Waals surface area contributed by atoms with Gasteiger partial charge in [-0.25, -0.2) is 0 Å². The first kappa shape index (κ1) is 15.0. The number of likely N-dealkylation sites (tertiary alicyclic amines) is 1. The molecule has 4 nitrogen and oxygen atoms in total. The van der Waals surface area contributed by atoms with Crippen molar-refractivity contribution in [3.05, 3.63) is 11.9 Å². The van der Waals surface area contributed by atoms with Crippen LogP contribution < -0.4 is 0 Å². The fraction of sp³-hybridized carbons (Fsp3) is 0.882. The quantitative estimate of drug-likeness (QED) is 0.804. The zero-order valence-corrected chi connectivity index (χ0v) is 13.5. The third-order valence-electron chi connectivity index (χ3n) is 5.21. The molecule has 0 bridgehead atoms. The summed E-state index contributed by atoms with van der Waals surface area (Å²) >= 11 is 0. The van der Waals surface area contributed by atoms with Crippen LogP contribution in [-0.4, -0.2) is 39.5 Å². The summed E-state index contributed by atoms with van der Waals surface area (Å²) in [5.41, 5.74) is 1.24. The van der Waals surface area contributed by atoms with Gasteiger partial charge in [0.2, 0.25) is 0 Å². The summed E-state index contributed by atoms with van der Waals surface area (Å²) in [6.45, 7) is 7.15. The molecule has 0 amide bonds. The van der Waals surface area contributed by atoms with E-state index in [1.54, 1.807) is 0 Å². The molecule has 0 spiro atoms. The lowest BCUT2D eigenvalue weighted by molar-refractivity contribution is 0.157. The SMILES string of the molecule is CCCCN1CCC[C@H](Cn2cc(C3CCCC3)nn2)C1. The molecule has 0 unspecified atom stereocenters. The lowest BCUT2D eigenvalue weighted by atomic mass is 9.98. The predicted molar refractivity (Wildman–Crippen MR) is 85.3 cm³/mol. The minimum atomic E-state index is 0.686. The first-order valence-corrected chi connectivity index (χ1v) is 8.97. The second-order valence-corrected chi connectivity index (χ2v) is 7.01. The molecular weight excluding hydrogens is 260 g/mol. The molecular formula is C17H30N4. The Bertz CT molecular complexity index is 422. The average molecular weight is 290 g/mol. The Kier molecular flexibility index (Phi) is 5.28. The van der Waals surface area contributed by atoms with Crippen LogP contribution in [-0.2, 0) is 6.54 Å². The van der Waals surface area contributed by atoms with Crippen molar-refractivity contribution in [1.82, 2.24) is 19.9 Å². The molecule has 2 fully saturated rings. The maximum absolute atomic E-state index is 4.43. The molecule has 1 atom stereocenters. The Labute approximate surface area is 128 Å². The van der Waals surface area contributed by atoms with E-state index in [9.17, 15) is 0 Å². The zero-order chi connectivity index (χ0) is 14.5. The van der Waals surface area contributed by atoms with Crippen LogP contribution in [0.1, 0.15) is 69.9 Å². The third kappa shape index (κ3) is 4.06. The Morgan fingerprint density at radius 2 is 2.05 bits per heavy atom. The van der Waals surface area contributed by atoms with Crippen molar-refractivity contribution in [3.63, 3.8) is 0 Å². The van der Waals surface area contributed by atoms with E-state index >= 15 is 0 Å². The Morgan fingerprint density at radius 3 is 2.86 bits per heavy atom. The number of hydrogen-bond acceptors (Lipinski definition) is 3. The predicted octanol–water partition coefficient (Wildman–Crippen LogP) is 3.45. The zero-order valence-electron chi connectivity index (χ0n) is 13.5. The molecule has 1 aliphatic carbocycles. The third-order valence-corrected chi connectivity index (χ3v) is 5.21. The van der Waals surface area contributed by atoms with Crippen molar-refractivity contribution in [2.24, 2.45) is 5.92 Å². The largest absolute Gasteiger partial charge is 0.303 e. The van der Waals surface area contributed by atoms with E-state index in [-0.39, 0.29) is 0 Å². The van der Waals surface area contributed by atoms with Gasteiger partial charge in [-0.1, -0.05) is 31.4 Å². The van der Waals surface area contributed by atoms with Crippen LogP contribution in [0.15, 0.2) is 6.20 Å². The highest BCUT2D eigenvalue weighted by Gasteiger charge is 2.22. The molecule has 4 heteroatoms. The first-order valence-electron chi connectivity index (χ1n) is 8.97. The van der Waals surface area contributed by atoms with Crippen LogP contribution in [0.4, 0.5) is 0 Å². The molecule has 2 heterocycles. The minimum absolute atomic E-state index is 0.686. The molecule has 118 valence electrons. The highest BCUT2D eigenvalue weighted by Crippen LogP contribution is 2.32. The van der Waals surface area contributed by atoms with Crippen LogP contribution in [0.25, 0.3) is 0 Å².